The highest BCUT2D eigenvalue weighted by Crippen LogP contribution is 2.30. The summed E-state index contributed by atoms with van der Waals surface area (Å²) < 4.78 is 0. The highest BCUT2D eigenvalue weighted by Gasteiger charge is 2.14. The molecular weight excluding hydrogens is 314 g/mol. The molecule has 0 saturated carbocycles. The lowest BCUT2D eigenvalue weighted by Crippen LogP contribution is -2.03. The van der Waals surface area contributed by atoms with Crippen LogP contribution in [-0.4, -0.2) is 25.2 Å². The van der Waals surface area contributed by atoms with Gasteiger partial charge < -0.3 is 10.2 Å². The zero-order valence-corrected chi connectivity index (χ0v) is 14.9. The Balaban J connectivity index is 2.07. The fourth-order valence-electron chi connectivity index (χ4n) is 2.99. The fraction of sp³-hybridized carbons (Fsp3) is 0.400. The molecule has 5 heteroatoms. The van der Waals surface area contributed by atoms with Gasteiger partial charge in [0.1, 0.15) is 28.2 Å². The van der Waals surface area contributed by atoms with Crippen molar-refractivity contribution in [1.82, 2.24) is 15.0 Å². The maximum Gasteiger partial charge on any atom is 0.146 e. The number of phenols is 2. The van der Waals surface area contributed by atoms with E-state index in [-0.39, 0.29) is 11.5 Å². The Bertz CT molecular complexity index is 871. The second-order valence-electron chi connectivity index (χ2n) is 6.49. The average Bonchev–Trinajstić information content (AvgIpc) is 3.02. The van der Waals surface area contributed by atoms with Crippen LogP contribution >= 0.6 is 0 Å². The number of phenolic OH excluding ortho intramolecular Hbond substituents is 2. The van der Waals surface area contributed by atoms with E-state index in [1.54, 1.807) is 18.2 Å². The molecule has 0 atom stereocenters. The predicted molar refractivity (Wildman–Crippen MR) is 99.4 cm³/mol. The second-order valence-corrected chi connectivity index (χ2v) is 6.49. The van der Waals surface area contributed by atoms with E-state index >= 15 is 0 Å². The molecule has 25 heavy (non-hydrogen) atoms. The Kier molecular flexibility index (Phi) is 5.22. The van der Waals surface area contributed by atoms with Gasteiger partial charge in [0.05, 0.1) is 0 Å². The molecule has 0 unspecified atom stereocenters. The number of hydrogen-bond donors (Lipinski definition) is 2. The van der Waals surface area contributed by atoms with Crippen LogP contribution in [0.3, 0.4) is 0 Å². The van der Waals surface area contributed by atoms with Crippen molar-refractivity contribution in [3.05, 3.63) is 41.5 Å². The molecule has 5 nitrogen and oxygen atoms in total. The smallest absolute Gasteiger partial charge is 0.146 e. The van der Waals surface area contributed by atoms with Gasteiger partial charge in [-0.25, -0.2) is 0 Å². The summed E-state index contributed by atoms with van der Waals surface area (Å²) in [6.07, 6.45) is 6.18. The van der Waals surface area contributed by atoms with Crippen molar-refractivity contribution in [2.75, 3.05) is 0 Å². The van der Waals surface area contributed by atoms with Crippen LogP contribution < -0.4 is 0 Å². The van der Waals surface area contributed by atoms with Gasteiger partial charge in [0.25, 0.3) is 0 Å². The molecule has 1 aromatic heterocycles. The molecule has 0 aliphatic rings. The Morgan fingerprint density at radius 2 is 1.60 bits per heavy atom. The van der Waals surface area contributed by atoms with Gasteiger partial charge in [-0.3, -0.25) is 0 Å². The van der Waals surface area contributed by atoms with E-state index in [4.69, 9.17) is 0 Å². The van der Waals surface area contributed by atoms with Crippen LogP contribution in [0.1, 0.15) is 50.7 Å². The van der Waals surface area contributed by atoms with E-state index in [0.29, 0.717) is 16.7 Å². The minimum Gasteiger partial charge on any atom is -0.508 e. The summed E-state index contributed by atoms with van der Waals surface area (Å²) in [4.78, 5) is 1.48. The lowest BCUT2D eigenvalue weighted by atomic mass is 10.00. The van der Waals surface area contributed by atoms with Gasteiger partial charge in [-0.1, -0.05) is 32.8 Å². The summed E-state index contributed by atoms with van der Waals surface area (Å²) in [5, 5.41) is 29.3. The first kappa shape index (κ1) is 17.3. The molecule has 0 radical (unpaired) electrons. The molecule has 0 saturated heterocycles. The standard InChI is InChI=1S/C20H25N3O2/c1-3-5-7-14-11-15(8-6-4-2)20(25)19(12-14)23-21-17-10-9-16(24)13-18(17)22-23/h9-13,24-25H,3-8H2,1-2H3. The van der Waals surface area contributed by atoms with Crippen molar-refractivity contribution >= 4 is 11.0 Å². The molecule has 1 heterocycles. The molecule has 2 aromatic carbocycles. The summed E-state index contributed by atoms with van der Waals surface area (Å²) in [7, 11) is 0. The maximum atomic E-state index is 10.7. The normalized spacial score (nSPS) is 11.3. The molecule has 0 bridgehead atoms. The molecule has 3 rings (SSSR count). The first-order valence-corrected chi connectivity index (χ1v) is 9.03. The molecule has 0 aliphatic carbocycles. The zero-order chi connectivity index (χ0) is 17.8. The first-order valence-electron chi connectivity index (χ1n) is 9.03. The van der Waals surface area contributed by atoms with Crippen LogP contribution in [0, 0.1) is 0 Å². The number of aromatic nitrogens is 3. The van der Waals surface area contributed by atoms with Gasteiger partial charge in [-0.05, 0) is 55.0 Å². The van der Waals surface area contributed by atoms with E-state index in [1.165, 1.54) is 10.4 Å². The van der Waals surface area contributed by atoms with Crippen molar-refractivity contribution in [3.63, 3.8) is 0 Å². The summed E-state index contributed by atoms with van der Waals surface area (Å²) in [6.45, 7) is 4.32. The molecular formula is C20H25N3O2. The number of aromatic hydroxyl groups is 2. The minimum atomic E-state index is 0.157. The van der Waals surface area contributed by atoms with Crippen LogP contribution in [0.2, 0.25) is 0 Å². The van der Waals surface area contributed by atoms with E-state index in [1.807, 2.05) is 6.07 Å². The quantitative estimate of drug-likeness (QED) is 0.664. The Labute approximate surface area is 147 Å². The fourth-order valence-corrected chi connectivity index (χ4v) is 2.99. The van der Waals surface area contributed by atoms with E-state index in [2.05, 4.69) is 30.1 Å². The molecule has 3 aromatic rings. The topological polar surface area (TPSA) is 71.2 Å². The molecule has 0 fully saturated rings. The Hall–Kier alpha value is -2.56. The zero-order valence-electron chi connectivity index (χ0n) is 14.9. The minimum absolute atomic E-state index is 0.157. The molecule has 0 aliphatic heterocycles. The highest BCUT2D eigenvalue weighted by molar-refractivity contribution is 5.75. The van der Waals surface area contributed by atoms with Crippen LogP contribution in [0.15, 0.2) is 30.3 Å². The average molecular weight is 339 g/mol. The van der Waals surface area contributed by atoms with Crippen molar-refractivity contribution in [3.8, 4) is 17.2 Å². The van der Waals surface area contributed by atoms with Gasteiger partial charge >= 0.3 is 0 Å². The van der Waals surface area contributed by atoms with Crippen LogP contribution in [-0.2, 0) is 12.8 Å². The van der Waals surface area contributed by atoms with Crippen molar-refractivity contribution in [2.24, 2.45) is 0 Å². The van der Waals surface area contributed by atoms with E-state index in [9.17, 15) is 10.2 Å². The highest BCUT2D eigenvalue weighted by atomic mass is 16.3. The maximum absolute atomic E-state index is 10.7. The molecule has 0 amide bonds. The number of nitrogens with zero attached hydrogens (tertiary/aromatic N) is 3. The summed E-state index contributed by atoms with van der Waals surface area (Å²) in [5.41, 5.74) is 4.05. The number of rotatable bonds is 7. The SMILES string of the molecule is CCCCc1cc(CCCC)c(O)c(-n2nc3ccc(O)cc3n2)c1. The van der Waals surface area contributed by atoms with Crippen molar-refractivity contribution in [2.45, 2.75) is 52.4 Å². The number of benzene rings is 2. The Morgan fingerprint density at radius 1 is 0.880 bits per heavy atom. The molecule has 2 N–H and O–H groups in total. The molecule has 132 valence electrons. The van der Waals surface area contributed by atoms with Gasteiger partial charge in [0.2, 0.25) is 0 Å². The van der Waals surface area contributed by atoms with Gasteiger partial charge in [-0.2, -0.15) is 0 Å². The van der Waals surface area contributed by atoms with E-state index < -0.39 is 0 Å². The third kappa shape index (κ3) is 3.76. The summed E-state index contributed by atoms with van der Waals surface area (Å²) in [5.74, 6) is 0.405. The predicted octanol–water partition coefficient (Wildman–Crippen LogP) is 4.52. The third-order valence-corrected chi connectivity index (χ3v) is 4.43. The van der Waals surface area contributed by atoms with Crippen molar-refractivity contribution in [1.29, 1.82) is 0 Å². The van der Waals surface area contributed by atoms with E-state index in [0.717, 1.165) is 44.1 Å². The Morgan fingerprint density at radius 3 is 2.36 bits per heavy atom. The number of unbranched alkanes of at least 4 members (excludes halogenated alkanes) is 2. The molecule has 0 spiro atoms. The van der Waals surface area contributed by atoms with Gasteiger partial charge in [0.15, 0.2) is 0 Å². The number of fused-ring (bicyclic) bond motifs is 1. The summed E-state index contributed by atoms with van der Waals surface area (Å²) >= 11 is 0. The van der Waals surface area contributed by atoms with Crippen LogP contribution in [0.25, 0.3) is 16.7 Å². The van der Waals surface area contributed by atoms with Crippen LogP contribution in [0.4, 0.5) is 0 Å². The van der Waals surface area contributed by atoms with Crippen molar-refractivity contribution < 1.29 is 10.2 Å². The lowest BCUT2D eigenvalue weighted by Gasteiger charge is -2.12. The summed E-state index contributed by atoms with van der Waals surface area (Å²) in [6, 6.07) is 8.98. The lowest BCUT2D eigenvalue weighted by molar-refractivity contribution is 0.459. The number of hydrogen-bond acceptors (Lipinski definition) is 4. The van der Waals surface area contributed by atoms with Gasteiger partial charge in [-0.15, -0.1) is 15.0 Å². The van der Waals surface area contributed by atoms with Gasteiger partial charge in [0, 0.05) is 6.07 Å². The number of aryl methyl sites for hydroxylation is 2. The first-order chi connectivity index (χ1) is 12.1. The van der Waals surface area contributed by atoms with Crippen LogP contribution in [0.5, 0.6) is 11.5 Å². The monoisotopic (exact) mass is 339 g/mol. The third-order valence-electron chi connectivity index (χ3n) is 4.43. The second kappa shape index (κ2) is 7.55. The largest absolute Gasteiger partial charge is 0.508 e.